The van der Waals surface area contributed by atoms with Crippen LogP contribution in [-0.4, -0.2) is 51.7 Å². The topological polar surface area (TPSA) is 39.7 Å². The quantitative estimate of drug-likeness (QED) is 0.660. The van der Waals surface area contributed by atoms with Crippen LogP contribution in [-0.2, 0) is 14.2 Å². The standard InChI is InChI=1S/C12H23NO3/c1-13-10-8-11(16-9-4-3-5-9)12(10)15-7-6-14-2/h9-13H,3-8H2,1-2H3. The number of rotatable bonds is 7. The van der Waals surface area contributed by atoms with Crippen molar-refractivity contribution in [2.75, 3.05) is 27.4 Å². The molecule has 2 fully saturated rings. The van der Waals surface area contributed by atoms with Crippen LogP contribution < -0.4 is 5.32 Å². The van der Waals surface area contributed by atoms with Crippen molar-refractivity contribution in [1.29, 1.82) is 0 Å². The second-order valence-corrected chi connectivity index (χ2v) is 4.69. The molecular formula is C12H23NO3. The third-order valence-corrected chi connectivity index (χ3v) is 3.64. The van der Waals surface area contributed by atoms with E-state index in [4.69, 9.17) is 14.2 Å². The van der Waals surface area contributed by atoms with E-state index < -0.39 is 0 Å². The maximum atomic E-state index is 5.99. The molecule has 0 bridgehead atoms. The molecule has 0 aromatic rings. The number of ether oxygens (including phenoxy) is 3. The Bertz CT molecular complexity index is 208. The van der Waals surface area contributed by atoms with Gasteiger partial charge in [0.05, 0.1) is 31.5 Å². The highest BCUT2D eigenvalue weighted by molar-refractivity contribution is 4.97. The zero-order chi connectivity index (χ0) is 11.4. The molecule has 0 aromatic carbocycles. The summed E-state index contributed by atoms with van der Waals surface area (Å²) in [6, 6.07) is 0.446. The van der Waals surface area contributed by atoms with Gasteiger partial charge in [-0.25, -0.2) is 0 Å². The monoisotopic (exact) mass is 229 g/mol. The van der Waals surface area contributed by atoms with Crippen LogP contribution in [0.4, 0.5) is 0 Å². The molecule has 0 saturated heterocycles. The van der Waals surface area contributed by atoms with Crippen LogP contribution in [0.3, 0.4) is 0 Å². The fourth-order valence-electron chi connectivity index (χ4n) is 2.24. The van der Waals surface area contributed by atoms with E-state index in [2.05, 4.69) is 5.32 Å². The first-order valence-corrected chi connectivity index (χ1v) is 6.28. The minimum Gasteiger partial charge on any atom is -0.382 e. The first-order chi connectivity index (χ1) is 7.85. The molecular weight excluding hydrogens is 206 g/mol. The predicted octanol–water partition coefficient (Wildman–Crippen LogP) is 0.947. The van der Waals surface area contributed by atoms with E-state index in [-0.39, 0.29) is 6.10 Å². The number of hydrogen-bond acceptors (Lipinski definition) is 4. The summed E-state index contributed by atoms with van der Waals surface area (Å²) in [5, 5.41) is 3.27. The Labute approximate surface area is 97.6 Å². The summed E-state index contributed by atoms with van der Waals surface area (Å²) in [5.74, 6) is 0. The Balaban J connectivity index is 1.70. The number of nitrogens with one attached hydrogen (secondary N) is 1. The maximum Gasteiger partial charge on any atom is 0.0991 e. The van der Waals surface area contributed by atoms with Crippen LogP contribution in [0.5, 0.6) is 0 Å². The van der Waals surface area contributed by atoms with Crippen molar-refractivity contribution in [2.45, 2.75) is 50.0 Å². The molecule has 4 nitrogen and oxygen atoms in total. The molecule has 3 atom stereocenters. The lowest BCUT2D eigenvalue weighted by molar-refractivity contribution is -0.182. The Morgan fingerprint density at radius 2 is 2.06 bits per heavy atom. The summed E-state index contributed by atoms with van der Waals surface area (Å²) in [7, 11) is 3.68. The van der Waals surface area contributed by atoms with Gasteiger partial charge in [0, 0.05) is 13.2 Å². The highest BCUT2D eigenvalue weighted by Crippen LogP contribution is 2.32. The Morgan fingerprint density at radius 1 is 1.25 bits per heavy atom. The van der Waals surface area contributed by atoms with Crippen molar-refractivity contribution in [2.24, 2.45) is 0 Å². The summed E-state index contributed by atoms with van der Waals surface area (Å²) in [6.45, 7) is 1.31. The SMILES string of the molecule is CNC1CC(OC2CCC2)C1OCCOC. The van der Waals surface area contributed by atoms with E-state index in [9.17, 15) is 0 Å². The highest BCUT2D eigenvalue weighted by atomic mass is 16.6. The van der Waals surface area contributed by atoms with Gasteiger partial charge < -0.3 is 19.5 Å². The molecule has 4 heteroatoms. The second-order valence-electron chi connectivity index (χ2n) is 4.69. The number of likely N-dealkylation sites (N-methyl/N-ethyl adjacent to an activating group) is 1. The molecule has 0 spiro atoms. The van der Waals surface area contributed by atoms with Gasteiger partial charge in [-0.15, -0.1) is 0 Å². The van der Waals surface area contributed by atoms with E-state index in [1.54, 1.807) is 7.11 Å². The molecule has 0 heterocycles. The average molecular weight is 229 g/mol. The Hall–Kier alpha value is -0.160. The molecule has 0 radical (unpaired) electrons. The highest BCUT2D eigenvalue weighted by Gasteiger charge is 2.43. The minimum atomic E-state index is 0.209. The van der Waals surface area contributed by atoms with Gasteiger partial charge in [0.25, 0.3) is 0 Å². The fourth-order valence-corrected chi connectivity index (χ4v) is 2.24. The lowest BCUT2D eigenvalue weighted by Gasteiger charge is -2.46. The first kappa shape index (κ1) is 12.3. The average Bonchev–Trinajstić information content (AvgIpc) is 2.21. The first-order valence-electron chi connectivity index (χ1n) is 6.28. The summed E-state index contributed by atoms with van der Waals surface area (Å²) >= 11 is 0. The molecule has 3 unspecified atom stereocenters. The lowest BCUT2D eigenvalue weighted by Crippen LogP contribution is -2.60. The van der Waals surface area contributed by atoms with E-state index in [0.717, 1.165) is 6.42 Å². The third kappa shape index (κ3) is 2.74. The van der Waals surface area contributed by atoms with E-state index in [0.29, 0.717) is 31.5 Å². The second kappa shape index (κ2) is 5.96. The van der Waals surface area contributed by atoms with Gasteiger partial charge in [-0.05, 0) is 32.7 Å². The summed E-state index contributed by atoms with van der Waals surface area (Å²) < 4.78 is 16.8. The van der Waals surface area contributed by atoms with Gasteiger partial charge in [0.15, 0.2) is 0 Å². The van der Waals surface area contributed by atoms with Crippen LogP contribution in [0.15, 0.2) is 0 Å². The van der Waals surface area contributed by atoms with E-state index in [1.165, 1.54) is 19.3 Å². The Kier molecular flexibility index (Phi) is 4.58. The lowest BCUT2D eigenvalue weighted by atomic mass is 9.84. The van der Waals surface area contributed by atoms with E-state index >= 15 is 0 Å². The molecule has 0 aromatic heterocycles. The zero-order valence-corrected chi connectivity index (χ0v) is 10.3. The fraction of sp³-hybridized carbons (Fsp3) is 1.00. The van der Waals surface area contributed by atoms with E-state index in [1.807, 2.05) is 7.05 Å². The molecule has 1 N–H and O–H groups in total. The summed E-state index contributed by atoms with van der Waals surface area (Å²) in [5.41, 5.74) is 0. The van der Waals surface area contributed by atoms with Crippen molar-refractivity contribution in [3.63, 3.8) is 0 Å². The van der Waals surface area contributed by atoms with Crippen LogP contribution >= 0.6 is 0 Å². The number of hydrogen-bond donors (Lipinski definition) is 1. The molecule has 2 aliphatic rings. The van der Waals surface area contributed by atoms with Crippen molar-refractivity contribution < 1.29 is 14.2 Å². The molecule has 16 heavy (non-hydrogen) atoms. The van der Waals surface area contributed by atoms with Crippen molar-refractivity contribution in [1.82, 2.24) is 5.32 Å². The van der Waals surface area contributed by atoms with Gasteiger partial charge in [0.2, 0.25) is 0 Å². The van der Waals surface area contributed by atoms with Gasteiger partial charge in [-0.1, -0.05) is 0 Å². The van der Waals surface area contributed by atoms with Gasteiger partial charge in [-0.2, -0.15) is 0 Å². The van der Waals surface area contributed by atoms with Gasteiger partial charge in [-0.3, -0.25) is 0 Å². The minimum absolute atomic E-state index is 0.209. The number of methoxy groups -OCH3 is 1. The van der Waals surface area contributed by atoms with Crippen molar-refractivity contribution in [3.05, 3.63) is 0 Å². The smallest absolute Gasteiger partial charge is 0.0991 e. The molecule has 2 saturated carbocycles. The maximum absolute atomic E-state index is 5.99. The zero-order valence-electron chi connectivity index (χ0n) is 10.3. The Morgan fingerprint density at radius 3 is 2.62 bits per heavy atom. The molecule has 2 aliphatic carbocycles. The normalized spacial score (nSPS) is 34.5. The van der Waals surface area contributed by atoms with Crippen LogP contribution in [0.25, 0.3) is 0 Å². The molecule has 0 aliphatic heterocycles. The predicted molar refractivity (Wildman–Crippen MR) is 61.6 cm³/mol. The summed E-state index contributed by atoms with van der Waals surface area (Å²) in [6.07, 6.45) is 5.85. The third-order valence-electron chi connectivity index (χ3n) is 3.64. The molecule has 2 rings (SSSR count). The van der Waals surface area contributed by atoms with Crippen molar-refractivity contribution in [3.8, 4) is 0 Å². The van der Waals surface area contributed by atoms with Crippen molar-refractivity contribution >= 4 is 0 Å². The van der Waals surface area contributed by atoms with Crippen LogP contribution in [0.2, 0.25) is 0 Å². The van der Waals surface area contributed by atoms with Crippen LogP contribution in [0.1, 0.15) is 25.7 Å². The summed E-state index contributed by atoms with van der Waals surface area (Å²) in [4.78, 5) is 0. The van der Waals surface area contributed by atoms with Crippen LogP contribution in [0, 0.1) is 0 Å². The van der Waals surface area contributed by atoms with Gasteiger partial charge in [0.1, 0.15) is 0 Å². The van der Waals surface area contributed by atoms with Gasteiger partial charge >= 0.3 is 0 Å². The molecule has 94 valence electrons. The largest absolute Gasteiger partial charge is 0.382 e. The molecule has 0 amide bonds.